The van der Waals surface area contributed by atoms with Crippen LogP contribution in [0.3, 0.4) is 0 Å². The highest BCUT2D eigenvalue weighted by atomic mass is 16.5. The summed E-state index contributed by atoms with van der Waals surface area (Å²) >= 11 is 0. The maximum atomic E-state index is 10.3. The first kappa shape index (κ1) is 13.5. The van der Waals surface area contributed by atoms with Gasteiger partial charge in [0, 0.05) is 18.7 Å². The van der Waals surface area contributed by atoms with E-state index in [4.69, 9.17) is 9.84 Å². The zero-order valence-electron chi connectivity index (χ0n) is 10.3. The van der Waals surface area contributed by atoms with E-state index in [1.807, 2.05) is 0 Å². The number of hydrogen-bond acceptors (Lipinski definition) is 3. The molecule has 94 valence electrons. The van der Waals surface area contributed by atoms with E-state index in [1.165, 1.54) is 19.4 Å². The topological polar surface area (TPSA) is 49.8 Å². The molecule has 1 aliphatic heterocycles. The van der Waals surface area contributed by atoms with Crippen molar-refractivity contribution in [3.8, 4) is 0 Å². The van der Waals surface area contributed by atoms with Crippen molar-refractivity contribution in [3.05, 3.63) is 0 Å². The summed E-state index contributed by atoms with van der Waals surface area (Å²) in [6.45, 7) is 6.66. The molecular formula is C12H23NO3. The maximum Gasteiger partial charge on any atom is 0.305 e. The van der Waals surface area contributed by atoms with Gasteiger partial charge >= 0.3 is 5.97 Å². The fourth-order valence-corrected chi connectivity index (χ4v) is 2.33. The average molecular weight is 229 g/mol. The first-order chi connectivity index (χ1) is 7.61. The van der Waals surface area contributed by atoms with Crippen LogP contribution in [-0.4, -0.2) is 47.8 Å². The van der Waals surface area contributed by atoms with E-state index in [-0.39, 0.29) is 6.42 Å². The molecule has 1 aliphatic rings. The zero-order chi connectivity index (χ0) is 12.0. The van der Waals surface area contributed by atoms with Crippen molar-refractivity contribution in [2.75, 3.05) is 19.8 Å². The molecule has 0 saturated carbocycles. The molecule has 4 nitrogen and oxygen atoms in total. The second-order valence-electron chi connectivity index (χ2n) is 4.67. The Morgan fingerprint density at radius 3 is 2.88 bits per heavy atom. The van der Waals surface area contributed by atoms with Crippen LogP contribution in [0.5, 0.6) is 0 Å². The van der Waals surface area contributed by atoms with Gasteiger partial charge in [-0.1, -0.05) is 0 Å². The van der Waals surface area contributed by atoms with Crippen LogP contribution in [0.15, 0.2) is 0 Å². The Bertz CT molecular complexity index is 218. The van der Waals surface area contributed by atoms with Gasteiger partial charge in [0.05, 0.1) is 13.0 Å². The lowest BCUT2D eigenvalue weighted by Crippen LogP contribution is -2.36. The second kappa shape index (κ2) is 6.86. The van der Waals surface area contributed by atoms with Gasteiger partial charge in [0.15, 0.2) is 0 Å². The smallest absolute Gasteiger partial charge is 0.305 e. The Hall–Kier alpha value is -0.610. The third-order valence-corrected chi connectivity index (χ3v) is 3.14. The highest BCUT2D eigenvalue weighted by Crippen LogP contribution is 2.22. The first-order valence-corrected chi connectivity index (χ1v) is 6.16. The molecule has 1 rings (SSSR count). The Balaban J connectivity index is 2.10. The Labute approximate surface area is 97.6 Å². The van der Waals surface area contributed by atoms with Crippen molar-refractivity contribution in [1.82, 2.24) is 4.90 Å². The van der Waals surface area contributed by atoms with E-state index in [0.29, 0.717) is 25.3 Å². The summed E-state index contributed by atoms with van der Waals surface area (Å²) in [5, 5.41) is 8.45. The molecule has 0 bridgehead atoms. The van der Waals surface area contributed by atoms with Gasteiger partial charge in [-0.3, -0.25) is 9.69 Å². The number of hydrogen-bond donors (Lipinski definition) is 1. The number of ether oxygens (including phenoxy) is 1. The van der Waals surface area contributed by atoms with Crippen LogP contribution < -0.4 is 0 Å². The van der Waals surface area contributed by atoms with Crippen molar-refractivity contribution in [2.24, 2.45) is 0 Å². The van der Waals surface area contributed by atoms with Crippen molar-refractivity contribution in [2.45, 2.75) is 51.6 Å². The molecular weight excluding hydrogens is 206 g/mol. The number of nitrogens with zero attached hydrogens (tertiary/aromatic N) is 1. The van der Waals surface area contributed by atoms with E-state index in [1.54, 1.807) is 0 Å². The van der Waals surface area contributed by atoms with Crippen molar-refractivity contribution >= 4 is 5.97 Å². The van der Waals surface area contributed by atoms with E-state index >= 15 is 0 Å². The molecule has 16 heavy (non-hydrogen) atoms. The predicted octanol–water partition coefficient (Wildman–Crippen LogP) is 1.74. The third-order valence-electron chi connectivity index (χ3n) is 3.14. The molecule has 1 fully saturated rings. The highest BCUT2D eigenvalue weighted by Gasteiger charge is 2.25. The number of carboxylic acid groups (broad SMARTS) is 1. The predicted molar refractivity (Wildman–Crippen MR) is 62.6 cm³/mol. The van der Waals surface area contributed by atoms with Crippen LogP contribution in [0.25, 0.3) is 0 Å². The minimum atomic E-state index is -0.787. The largest absolute Gasteiger partial charge is 0.481 e. The van der Waals surface area contributed by atoms with Gasteiger partial charge in [-0.2, -0.15) is 0 Å². The fourth-order valence-electron chi connectivity index (χ4n) is 2.33. The van der Waals surface area contributed by atoms with Gasteiger partial charge in [-0.15, -0.1) is 0 Å². The molecule has 0 aliphatic carbocycles. The molecule has 1 N–H and O–H groups in total. The van der Waals surface area contributed by atoms with E-state index in [0.717, 1.165) is 6.42 Å². The van der Waals surface area contributed by atoms with Gasteiger partial charge in [-0.05, 0) is 39.7 Å². The highest BCUT2D eigenvalue weighted by molar-refractivity contribution is 5.66. The number of likely N-dealkylation sites (tertiary alicyclic amines) is 1. The quantitative estimate of drug-likeness (QED) is 0.676. The molecule has 1 heterocycles. The summed E-state index contributed by atoms with van der Waals surface area (Å²) in [5.41, 5.74) is 0. The van der Waals surface area contributed by atoms with Crippen molar-refractivity contribution < 1.29 is 14.6 Å². The Kier molecular flexibility index (Phi) is 5.77. The summed E-state index contributed by atoms with van der Waals surface area (Å²) in [6, 6.07) is 1.23. The maximum absolute atomic E-state index is 10.3. The lowest BCUT2D eigenvalue weighted by atomic mass is 10.1. The molecule has 0 aromatic carbocycles. The van der Waals surface area contributed by atoms with Crippen LogP contribution in [0.4, 0.5) is 0 Å². The van der Waals surface area contributed by atoms with Gasteiger partial charge in [0.1, 0.15) is 0 Å². The summed E-state index contributed by atoms with van der Waals surface area (Å²) in [5.74, 6) is -0.787. The molecule has 0 spiro atoms. The Morgan fingerprint density at radius 1 is 1.50 bits per heavy atom. The normalized spacial score (nSPS) is 21.8. The minimum Gasteiger partial charge on any atom is -0.481 e. The van der Waals surface area contributed by atoms with Crippen LogP contribution in [0.2, 0.25) is 0 Å². The minimum absolute atomic E-state index is 0.110. The fraction of sp³-hybridized carbons (Fsp3) is 0.917. The standard InChI is InChI=1S/C12H23NO3/c1-10(2)13-7-3-4-11(13)5-8-16-9-6-12(14)15/h10-11H,3-9H2,1-2H3,(H,14,15)/t11-/m0/s1. The molecule has 0 unspecified atom stereocenters. The van der Waals surface area contributed by atoms with Crippen molar-refractivity contribution in [3.63, 3.8) is 0 Å². The van der Waals surface area contributed by atoms with Gasteiger partial charge in [-0.25, -0.2) is 0 Å². The SMILES string of the molecule is CC(C)N1CCC[C@H]1CCOCCC(=O)O. The summed E-state index contributed by atoms with van der Waals surface area (Å²) in [6.07, 6.45) is 3.66. The molecule has 4 heteroatoms. The first-order valence-electron chi connectivity index (χ1n) is 6.16. The number of carbonyl (C=O) groups is 1. The van der Waals surface area contributed by atoms with Crippen LogP contribution in [-0.2, 0) is 9.53 Å². The molecule has 1 atom stereocenters. The van der Waals surface area contributed by atoms with Crippen molar-refractivity contribution in [1.29, 1.82) is 0 Å². The van der Waals surface area contributed by atoms with Gasteiger partial charge < -0.3 is 9.84 Å². The molecule has 0 aromatic rings. The van der Waals surface area contributed by atoms with Crippen LogP contribution in [0, 0.1) is 0 Å². The number of rotatable bonds is 7. The molecule has 0 aromatic heterocycles. The summed E-state index contributed by atoms with van der Waals surface area (Å²) < 4.78 is 5.33. The molecule has 0 amide bonds. The third kappa shape index (κ3) is 4.49. The van der Waals surface area contributed by atoms with Gasteiger partial charge in [0.2, 0.25) is 0 Å². The second-order valence-corrected chi connectivity index (χ2v) is 4.67. The summed E-state index contributed by atoms with van der Waals surface area (Å²) in [7, 11) is 0. The van der Waals surface area contributed by atoms with Gasteiger partial charge in [0.25, 0.3) is 0 Å². The Morgan fingerprint density at radius 2 is 2.25 bits per heavy atom. The van der Waals surface area contributed by atoms with Crippen LogP contribution in [0.1, 0.15) is 39.5 Å². The lowest BCUT2D eigenvalue weighted by molar-refractivity contribution is -0.138. The molecule has 1 saturated heterocycles. The van der Waals surface area contributed by atoms with Crippen LogP contribution >= 0.6 is 0 Å². The molecule has 0 radical (unpaired) electrons. The van der Waals surface area contributed by atoms with E-state index in [9.17, 15) is 4.79 Å². The zero-order valence-corrected chi connectivity index (χ0v) is 10.3. The average Bonchev–Trinajstić information content (AvgIpc) is 2.65. The number of carboxylic acids is 1. The summed E-state index contributed by atoms with van der Waals surface area (Å²) in [4.78, 5) is 12.8. The van der Waals surface area contributed by atoms with E-state index in [2.05, 4.69) is 18.7 Å². The monoisotopic (exact) mass is 229 g/mol. The van der Waals surface area contributed by atoms with E-state index < -0.39 is 5.97 Å². The number of aliphatic carboxylic acids is 1. The lowest BCUT2D eigenvalue weighted by Gasteiger charge is -2.28.